The molecular weight excluding hydrogens is 428 g/mol. The number of Topliss-reactive ketones (excluding diaryl/α,β-unsaturated/α-hetero) is 1. The highest BCUT2D eigenvalue weighted by Crippen LogP contribution is 2.44. The van der Waals surface area contributed by atoms with Gasteiger partial charge >= 0.3 is 0 Å². The lowest BCUT2D eigenvalue weighted by molar-refractivity contribution is -0.132. The lowest BCUT2D eigenvalue weighted by Gasteiger charge is -2.27. The van der Waals surface area contributed by atoms with Gasteiger partial charge in [0, 0.05) is 25.5 Å². The van der Waals surface area contributed by atoms with Gasteiger partial charge in [0.2, 0.25) is 0 Å². The zero-order valence-corrected chi connectivity index (χ0v) is 20.0. The SMILES string of the molecule is COc1ccc(C)cc1/C(O)=C1\C(=O)C(=O)N(c2ccccc2C)C1c1ccc(N(C)C)cc1. The van der Waals surface area contributed by atoms with Crippen molar-refractivity contribution in [1.29, 1.82) is 0 Å². The van der Waals surface area contributed by atoms with Crippen molar-refractivity contribution in [2.24, 2.45) is 0 Å². The number of rotatable bonds is 5. The molecule has 1 saturated heterocycles. The van der Waals surface area contributed by atoms with Crippen LogP contribution in [0.4, 0.5) is 11.4 Å². The first-order chi connectivity index (χ1) is 16.2. The third-order valence-corrected chi connectivity index (χ3v) is 6.15. The second kappa shape index (κ2) is 9.06. The number of carbonyl (C=O) groups is 2. The van der Waals surface area contributed by atoms with Gasteiger partial charge in [-0.25, -0.2) is 0 Å². The van der Waals surface area contributed by atoms with E-state index in [0.717, 1.165) is 22.4 Å². The Balaban J connectivity index is 1.99. The summed E-state index contributed by atoms with van der Waals surface area (Å²) in [5.74, 6) is -1.24. The maximum atomic E-state index is 13.4. The number of aryl methyl sites for hydroxylation is 2. The van der Waals surface area contributed by atoms with Crippen LogP contribution in [0.15, 0.2) is 72.3 Å². The third kappa shape index (κ3) is 3.92. The van der Waals surface area contributed by atoms with Crippen LogP contribution in [0.25, 0.3) is 5.76 Å². The fraction of sp³-hybridized carbons (Fsp3) is 0.214. The standard InChI is InChI=1S/C28H28N2O4/c1-17-10-15-23(34-5)21(16-17)26(31)24-25(19-11-13-20(14-12-19)29(3)4)30(28(33)27(24)32)22-9-7-6-8-18(22)2/h6-16,25,31H,1-5H3/b26-24+. The lowest BCUT2D eigenvalue weighted by atomic mass is 9.94. The number of ether oxygens (including phenoxy) is 1. The molecule has 1 amide bonds. The highest BCUT2D eigenvalue weighted by Gasteiger charge is 2.47. The number of methoxy groups -OCH3 is 1. The van der Waals surface area contributed by atoms with Crippen LogP contribution < -0.4 is 14.5 Å². The first-order valence-corrected chi connectivity index (χ1v) is 11.0. The summed E-state index contributed by atoms with van der Waals surface area (Å²) in [4.78, 5) is 30.2. The molecule has 174 valence electrons. The molecule has 1 unspecified atom stereocenters. The summed E-state index contributed by atoms with van der Waals surface area (Å²) in [5.41, 5.74) is 4.49. The molecule has 1 aliphatic heterocycles. The molecule has 0 bridgehead atoms. The van der Waals surface area contributed by atoms with Gasteiger partial charge in [0.05, 0.1) is 24.3 Å². The molecule has 0 aliphatic carbocycles. The molecular formula is C28H28N2O4. The molecule has 4 rings (SSSR count). The van der Waals surface area contributed by atoms with Crippen LogP contribution in [-0.4, -0.2) is 38.0 Å². The Bertz CT molecular complexity index is 1290. The van der Waals surface area contributed by atoms with E-state index in [2.05, 4.69) is 0 Å². The smallest absolute Gasteiger partial charge is 0.300 e. The minimum absolute atomic E-state index is 0.0368. The van der Waals surface area contributed by atoms with Gasteiger partial charge in [-0.05, 0) is 55.3 Å². The van der Waals surface area contributed by atoms with Crippen molar-refractivity contribution in [3.05, 3.63) is 94.6 Å². The minimum Gasteiger partial charge on any atom is -0.507 e. The average molecular weight is 457 g/mol. The van der Waals surface area contributed by atoms with Crippen molar-refractivity contribution in [3.63, 3.8) is 0 Å². The van der Waals surface area contributed by atoms with Gasteiger partial charge in [0.1, 0.15) is 11.5 Å². The summed E-state index contributed by atoms with van der Waals surface area (Å²) >= 11 is 0. The zero-order valence-electron chi connectivity index (χ0n) is 20.0. The number of para-hydroxylation sites is 1. The van der Waals surface area contributed by atoms with Crippen LogP contribution in [0.3, 0.4) is 0 Å². The number of amides is 1. The molecule has 0 aromatic heterocycles. The Morgan fingerprint density at radius 1 is 0.971 bits per heavy atom. The van der Waals surface area contributed by atoms with E-state index in [1.54, 1.807) is 12.1 Å². The van der Waals surface area contributed by atoms with Crippen LogP contribution in [0.5, 0.6) is 5.75 Å². The number of aliphatic hydroxyl groups excluding tert-OH is 1. The van der Waals surface area contributed by atoms with Gasteiger partial charge in [-0.2, -0.15) is 0 Å². The number of ketones is 1. The molecule has 1 N–H and O–H groups in total. The molecule has 3 aromatic carbocycles. The molecule has 0 radical (unpaired) electrons. The number of anilines is 2. The lowest BCUT2D eigenvalue weighted by Crippen LogP contribution is -2.30. The predicted octanol–water partition coefficient (Wildman–Crippen LogP) is 5.00. The fourth-order valence-corrected chi connectivity index (χ4v) is 4.34. The largest absolute Gasteiger partial charge is 0.507 e. The van der Waals surface area contributed by atoms with E-state index in [1.807, 2.05) is 87.4 Å². The average Bonchev–Trinajstić information content (AvgIpc) is 3.09. The van der Waals surface area contributed by atoms with Crippen molar-refractivity contribution in [3.8, 4) is 5.75 Å². The molecule has 3 aromatic rings. The van der Waals surface area contributed by atoms with Crippen LogP contribution in [-0.2, 0) is 9.59 Å². The number of nitrogens with zero attached hydrogens (tertiary/aromatic N) is 2. The predicted molar refractivity (Wildman–Crippen MR) is 134 cm³/mol. The number of hydrogen-bond acceptors (Lipinski definition) is 5. The van der Waals surface area contributed by atoms with Crippen LogP contribution in [0, 0.1) is 13.8 Å². The molecule has 6 heteroatoms. The van der Waals surface area contributed by atoms with Crippen LogP contribution >= 0.6 is 0 Å². The quantitative estimate of drug-likeness (QED) is 0.332. The Labute approximate surface area is 199 Å². The van der Waals surface area contributed by atoms with E-state index in [0.29, 0.717) is 17.0 Å². The van der Waals surface area contributed by atoms with Crippen molar-refractivity contribution in [1.82, 2.24) is 0 Å². The van der Waals surface area contributed by atoms with Crippen molar-refractivity contribution >= 4 is 28.8 Å². The number of carbonyl (C=O) groups excluding carboxylic acids is 2. The fourth-order valence-electron chi connectivity index (χ4n) is 4.34. The first-order valence-electron chi connectivity index (χ1n) is 11.0. The Morgan fingerprint density at radius 2 is 1.65 bits per heavy atom. The van der Waals surface area contributed by atoms with Gasteiger partial charge in [-0.3, -0.25) is 14.5 Å². The van der Waals surface area contributed by atoms with Crippen LogP contribution in [0.1, 0.15) is 28.3 Å². The summed E-state index contributed by atoms with van der Waals surface area (Å²) in [6.45, 7) is 3.78. The van der Waals surface area contributed by atoms with Gasteiger partial charge in [-0.1, -0.05) is 42.0 Å². The van der Waals surface area contributed by atoms with Gasteiger partial charge in [0.15, 0.2) is 0 Å². The number of hydrogen-bond donors (Lipinski definition) is 1. The number of aliphatic hydroxyl groups is 1. The summed E-state index contributed by atoms with van der Waals surface area (Å²) < 4.78 is 5.45. The van der Waals surface area contributed by atoms with E-state index in [1.165, 1.54) is 12.0 Å². The van der Waals surface area contributed by atoms with Crippen molar-refractivity contribution in [2.75, 3.05) is 31.0 Å². The topological polar surface area (TPSA) is 70.1 Å². The third-order valence-electron chi connectivity index (χ3n) is 6.15. The monoisotopic (exact) mass is 456 g/mol. The van der Waals surface area contributed by atoms with E-state index < -0.39 is 17.7 Å². The molecule has 0 saturated carbocycles. The van der Waals surface area contributed by atoms with Crippen molar-refractivity contribution < 1.29 is 19.4 Å². The first kappa shape index (κ1) is 23.1. The Morgan fingerprint density at radius 3 is 2.26 bits per heavy atom. The van der Waals surface area contributed by atoms with E-state index in [-0.39, 0.29) is 11.3 Å². The van der Waals surface area contributed by atoms with Crippen LogP contribution in [0.2, 0.25) is 0 Å². The molecule has 34 heavy (non-hydrogen) atoms. The second-order valence-corrected chi connectivity index (χ2v) is 8.65. The maximum absolute atomic E-state index is 13.4. The molecule has 1 atom stereocenters. The van der Waals surface area contributed by atoms with Gasteiger partial charge < -0.3 is 14.7 Å². The van der Waals surface area contributed by atoms with E-state index in [9.17, 15) is 14.7 Å². The van der Waals surface area contributed by atoms with Crippen molar-refractivity contribution in [2.45, 2.75) is 19.9 Å². The Hall–Kier alpha value is -4.06. The van der Waals surface area contributed by atoms with E-state index >= 15 is 0 Å². The summed E-state index contributed by atoms with van der Waals surface area (Å²) in [6, 6.07) is 19.6. The molecule has 0 spiro atoms. The summed E-state index contributed by atoms with van der Waals surface area (Å²) in [5, 5.41) is 11.4. The molecule has 1 aliphatic rings. The summed E-state index contributed by atoms with van der Waals surface area (Å²) in [6.07, 6.45) is 0. The molecule has 1 fully saturated rings. The molecule has 1 heterocycles. The Kier molecular flexibility index (Phi) is 6.16. The highest BCUT2D eigenvalue weighted by molar-refractivity contribution is 6.51. The second-order valence-electron chi connectivity index (χ2n) is 8.65. The highest BCUT2D eigenvalue weighted by atomic mass is 16.5. The minimum atomic E-state index is -0.789. The number of benzene rings is 3. The summed E-state index contributed by atoms with van der Waals surface area (Å²) in [7, 11) is 5.39. The van der Waals surface area contributed by atoms with Gasteiger partial charge in [-0.15, -0.1) is 0 Å². The zero-order chi connectivity index (χ0) is 24.6. The normalized spacial score (nSPS) is 17.2. The molecule has 6 nitrogen and oxygen atoms in total. The van der Waals surface area contributed by atoms with E-state index in [4.69, 9.17) is 4.74 Å². The van der Waals surface area contributed by atoms with Gasteiger partial charge in [0.25, 0.3) is 11.7 Å². The maximum Gasteiger partial charge on any atom is 0.300 e.